The van der Waals surface area contributed by atoms with E-state index in [1.165, 1.54) is 18.1 Å². The molecular weight excluding hydrogens is 404 g/mol. The Kier molecular flexibility index (Phi) is 5.09. The van der Waals surface area contributed by atoms with Crippen LogP contribution in [0.5, 0.6) is 11.5 Å². The minimum absolute atomic E-state index is 0.0541. The number of sulfonamides is 1. The molecule has 8 heteroatoms. The predicted molar refractivity (Wildman–Crippen MR) is 114 cm³/mol. The van der Waals surface area contributed by atoms with Crippen LogP contribution >= 0.6 is 0 Å². The van der Waals surface area contributed by atoms with E-state index in [9.17, 15) is 13.2 Å². The summed E-state index contributed by atoms with van der Waals surface area (Å²) in [6.45, 7) is 0.175. The first kappa shape index (κ1) is 19.8. The standard InChI is InChI=1S/C22H20N2O5S/c1-28-17-9-7-8-16(14-17)15-23-19-11-4-6-13-21(19)30(26,27)24(22(23)25)18-10-3-5-12-20(18)29-2/h3-14H,15H2,1-2H3. The van der Waals surface area contributed by atoms with Crippen molar-refractivity contribution in [2.24, 2.45) is 0 Å². The largest absolute Gasteiger partial charge is 0.497 e. The van der Waals surface area contributed by atoms with Crippen LogP contribution in [0.1, 0.15) is 5.56 Å². The normalized spacial score (nSPS) is 14.9. The van der Waals surface area contributed by atoms with E-state index in [1.807, 2.05) is 18.2 Å². The summed E-state index contributed by atoms with van der Waals surface area (Å²) in [5.41, 5.74) is 1.29. The number of para-hydroxylation sites is 3. The maximum atomic E-state index is 13.5. The van der Waals surface area contributed by atoms with Gasteiger partial charge in [-0.2, -0.15) is 4.31 Å². The monoisotopic (exact) mass is 424 g/mol. The SMILES string of the molecule is COc1cccc(CN2C(=O)N(c3ccccc3OC)S(=O)(=O)c3ccccc32)c1. The van der Waals surface area contributed by atoms with Crippen LogP contribution in [0.2, 0.25) is 0 Å². The van der Waals surface area contributed by atoms with E-state index in [4.69, 9.17) is 9.47 Å². The van der Waals surface area contributed by atoms with Crippen LogP contribution in [-0.4, -0.2) is 28.7 Å². The highest BCUT2D eigenvalue weighted by Gasteiger charge is 2.43. The van der Waals surface area contributed by atoms with E-state index in [0.29, 0.717) is 11.4 Å². The summed E-state index contributed by atoms with van der Waals surface area (Å²) < 4.78 is 38.2. The van der Waals surface area contributed by atoms with Crippen molar-refractivity contribution in [2.45, 2.75) is 11.4 Å². The number of benzene rings is 3. The predicted octanol–water partition coefficient (Wildman–Crippen LogP) is 4.04. The molecule has 3 aromatic carbocycles. The highest BCUT2D eigenvalue weighted by atomic mass is 32.2. The molecular formula is C22H20N2O5S. The quantitative estimate of drug-likeness (QED) is 0.618. The molecule has 1 aliphatic heterocycles. The van der Waals surface area contributed by atoms with E-state index in [0.717, 1.165) is 9.87 Å². The third kappa shape index (κ3) is 3.25. The Bertz CT molecular complexity index is 1210. The number of carbonyl (C=O) groups excluding carboxylic acids is 1. The average Bonchev–Trinajstić information content (AvgIpc) is 2.77. The lowest BCUT2D eigenvalue weighted by atomic mass is 10.2. The second-order valence-corrected chi connectivity index (χ2v) is 8.38. The fourth-order valence-electron chi connectivity index (χ4n) is 3.45. The molecule has 0 unspecified atom stereocenters. The Balaban J connectivity index is 1.87. The van der Waals surface area contributed by atoms with Crippen LogP contribution in [0.25, 0.3) is 0 Å². The number of methoxy groups -OCH3 is 2. The number of hydrogen-bond donors (Lipinski definition) is 0. The van der Waals surface area contributed by atoms with Crippen LogP contribution in [0.15, 0.2) is 77.7 Å². The van der Waals surface area contributed by atoms with Gasteiger partial charge >= 0.3 is 6.03 Å². The number of urea groups is 1. The van der Waals surface area contributed by atoms with E-state index in [2.05, 4.69) is 0 Å². The van der Waals surface area contributed by atoms with Gasteiger partial charge < -0.3 is 9.47 Å². The van der Waals surface area contributed by atoms with Gasteiger partial charge in [0.05, 0.1) is 26.5 Å². The summed E-state index contributed by atoms with van der Waals surface area (Å²) in [7, 11) is -1.12. The van der Waals surface area contributed by atoms with E-state index < -0.39 is 16.1 Å². The molecule has 7 nitrogen and oxygen atoms in total. The van der Waals surface area contributed by atoms with Gasteiger partial charge in [-0.3, -0.25) is 4.90 Å². The van der Waals surface area contributed by atoms with Gasteiger partial charge in [-0.15, -0.1) is 0 Å². The highest BCUT2D eigenvalue weighted by Crippen LogP contribution is 2.40. The van der Waals surface area contributed by atoms with Crippen LogP contribution in [0.3, 0.4) is 0 Å². The lowest BCUT2D eigenvalue weighted by molar-refractivity contribution is 0.253. The zero-order valence-electron chi connectivity index (χ0n) is 16.5. The molecule has 0 fully saturated rings. The van der Waals surface area contributed by atoms with E-state index in [1.54, 1.807) is 55.6 Å². The summed E-state index contributed by atoms with van der Waals surface area (Å²) in [6.07, 6.45) is 0. The molecule has 0 spiro atoms. The molecule has 30 heavy (non-hydrogen) atoms. The summed E-state index contributed by atoms with van der Waals surface area (Å²) in [5.74, 6) is 0.939. The highest BCUT2D eigenvalue weighted by molar-refractivity contribution is 7.94. The van der Waals surface area contributed by atoms with Crippen molar-refractivity contribution >= 4 is 27.4 Å². The third-order valence-electron chi connectivity index (χ3n) is 4.86. The number of fused-ring (bicyclic) bond motifs is 1. The van der Waals surface area contributed by atoms with Gasteiger partial charge in [-0.1, -0.05) is 36.4 Å². The van der Waals surface area contributed by atoms with Crippen molar-refractivity contribution in [1.29, 1.82) is 0 Å². The second kappa shape index (κ2) is 7.72. The number of rotatable bonds is 5. The molecule has 154 valence electrons. The zero-order chi connectivity index (χ0) is 21.3. The Morgan fingerprint density at radius 1 is 0.833 bits per heavy atom. The molecule has 0 radical (unpaired) electrons. The van der Waals surface area contributed by atoms with Gasteiger partial charge in [0.25, 0.3) is 10.0 Å². The summed E-state index contributed by atoms with van der Waals surface area (Å²) >= 11 is 0. The summed E-state index contributed by atoms with van der Waals surface area (Å²) in [4.78, 5) is 15.0. The Morgan fingerprint density at radius 3 is 2.27 bits per heavy atom. The molecule has 0 saturated heterocycles. The fraction of sp³-hybridized carbons (Fsp3) is 0.136. The molecule has 1 heterocycles. The molecule has 0 aromatic heterocycles. The van der Waals surface area contributed by atoms with Crippen LogP contribution in [-0.2, 0) is 16.6 Å². The first-order valence-electron chi connectivity index (χ1n) is 9.19. The van der Waals surface area contributed by atoms with Gasteiger partial charge in [0.2, 0.25) is 0 Å². The minimum atomic E-state index is -4.12. The van der Waals surface area contributed by atoms with E-state index in [-0.39, 0.29) is 22.9 Å². The molecule has 1 aliphatic rings. The van der Waals surface area contributed by atoms with Gasteiger partial charge in [-0.05, 0) is 42.0 Å². The summed E-state index contributed by atoms with van der Waals surface area (Å²) in [6, 6.07) is 19.6. The van der Waals surface area contributed by atoms with Crippen LogP contribution in [0.4, 0.5) is 16.2 Å². The number of ether oxygens (including phenoxy) is 2. The second-order valence-electron chi connectivity index (χ2n) is 6.63. The smallest absolute Gasteiger partial charge is 0.343 e. The first-order valence-corrected chi connectivity index (χ1v) is 10.6. The van der Waals surface area contributed by atoms with Crippen molar-refractivity contribution in [3.8, 4) is 11.5 Å². The van der Waals surface area contributed by atoms with Gasteiger partial charge in [0.15, 0.2) is 0 Å². The third-order valence-corrected chi connectivity index (χ3v) is 6.59. The van der Waals surface area contributed by atoms with Gasteiger partial charge in [0.1, 0.15) is 22.1 Å². The van der Waals surface area contributed by atoms with Gasteiger partial charge in [-0.25, -0.2) is 13.2 Å². The lowest BCUT2D eigenvalue weighted by Gasteiger charge is -2.36. The Labute approximate surface area is 175 Å². The molecule has 0 aliphatic carbocycles. The molecule has 0 bridgehead atoms. The number of amides is 2. The molecule has 3 aromatic rings. The van der Waals surface area contributed by atoms with Crippen molar-refractivity contribution in [1.82, 2.24) is 0 Å². The number of hydrogen-bond acceptors (Lipinski definition) is 5. The minimum Gasteiger partial charge on any atom is -0.497 e. The maximum absolute atomic E-state index is 13.5. The van der Waals surface area contributed by atoms with Crippen molar-refractivity contribution in [2.75, 3.05) is 23.4 Å². The number of nitrogens with zero attached hydrogens (tertiary/aromatic N) is 2. The fourth-order valence-corrected chi connectivity index (χ4v) is 5.05. The first-order chi connectivity index (χ1) is 14.5. The van der Waals surface area contributed by atoms with Crippen molar-refractivity contribution in [3.63, 3.8) is 0 Å². The number of anilines is 2. The Morgan fingerprint density at radius 2 is 1.53 bits per heavy atom. The number of carbonyl (C=O) groups is 1. The maximum Gasteiger partial charge on any atom is 0.343 e. The molecule has 0 atom stereocenters. The van der Waals surface area contributed by atoms with Crippen LogP contribution in [0, 0.1) is 0 Å². The van der Waals surface area contributed by atoms with Crippen molar-refractivity contribution in [3.05, 3.63) is 78.4 Å². The molecule has 0 saturated carbocycles. The lowest BCUT2D eigenvalue weighted by Crippen LogP contribution is -2.50. The summed E-state index contributed by atoms with van der Waals surface area (Å²) in [5, 5.41) is 0. The molecule has 2 amide bonds. The van der Waals surface area contributed by atoms with E-state index >= 15 is 0 Å². The average molecular weight is 424 g/mol. The van der Waals surface area contributed by atoms with Crippen molar-refractivity contribution < 1.29 is 22.7 Å². The molecule has 0 N–H and O–H groups in total. The Hall–Kier alpha value is -3.52. The zero-order valence-corrected chi connectivity index (χ0v) is 17.3. The molecule has 4 rings (SSSR count). The topological polar surface area (TPSA) is 76.2 Å². The van der Waals surface area contributed by atoms with Gasteiger partial charge in [0, 0.05) is 0 Å². The van der Waals surface area contributed by atoms with Crippen LogP contribution < -0.4 is 18.7 Å².